The summed E-state index contributed by atoms with van der Waals surface area (Å²) in [6.45, 7) is 1.72. The van der Waals surface area contributed by atoms with Crippen molar-refractivity contribution in [2.24, 2.45) is 7.05 Å². The van der Waals surface area contributed by atoms with E-state index in [0.29, 0.717) is 29.6 Å². The van der Waals surface area contributed by atoms with E-state index >= 15 is 0 Å². The zero-order valence-electron chi connectivity index (χ0n) is 16.4. The highest BCUT2D eigenvalue weighted by Gasteiger charge is 2.34. The predicted octanol–water partition coefficient (Wildman–Crippen LogP) is 1.89. The minimum Gasteiger partial charge on any atom is -0.390 e. The minimum absolute atomic E-state index is 0.00544. The molecule has 0 atom stereocenters. The smallest absolute Gasteiger partial charge is 0.390 e. The van der Waals surface area contributed by atoms with Gasteiger partial charge in [-0.3, -0.25) is 9.36 Å². The molecule has 3 heterocycles. The van der Waals surface area contributed by atoms with E-state index in [0.717, 1.165) is 5.56 Å². The summed E-state index contributed by atoms with van der Waals surface area (Å²) in [5, 5.41) is 4.27. The molecule has 0 aliphatic heterocycles. The van der Waals surface area contributed by atoms with Gasteiger partial charge in [-0.1, -0.05) is 12.1 Å². The zero-order valence-corrected chi connectivity index (χ0v) is 16.4. The van der Waals surface area contributed by atoms with Crippen molar-refractivity contribution in [2.45, 2.75) is 38.3 Å². The summed E-state index contributed by atoms with van der Waals surface area (Å²) in [6, 6.07) is 5.13. The van der Waals surface area contributed by atoms with E-state index in [1.54, 1.807) is 30.7 Å². The Bertz CT molecular complexity index is 1380. The van der Waals surface area contributed by atoms with E-state index in [9.17, 15) is 14.0 Å². The number of fused-ring (bicyclic) bond motifs is 1. The molecule has 9 nitrogen and oxygen atoms in total. The number of hydrogen-bond donors (Lipinski definition) is 0. The van der Waals surface area contributed by atoms with Gasteiger partial charge in [0.25, 0.3) is 5.56 Å². The fourth-order valence-corrected chi connectivity index (χ4v) is 3.88. The Morgan fingerprint density at radius 2 is 1.97 bits per heavy atom. The first-order valence-electron chi connectivity index (χ1n) is 9.61. The second-order valence-corrected chi connectivity index (χ2v) is 7.74. The van der Waals surface area contributed by atoms with E-state index in [-0.39, 0.29) is 35.8 Å². The summed E-state index contributed by atoms with van der Waals surface area (Å²) in [5.41, 5.74) is 1.97. The average molecular weight is 410 g/mol. The van der Waals surface area contributed by atoms with E-state index in [2.05, 4.69) is 15.1 Å². The number of aryl methyl sites for hydroxylation is 2. The lowest BCUT2D eigenvalue weighted by atomic mass is 9.76. The molecule has 4 aromatic rings. The number of rotatable bonds is 4. The fraction of sp³-hybridized carbons (Fsp3) is 0.350. The summed E-state index contributed by atoms with van der Waals surface area (Å²) < 4.78 is 23.3. The maximum absolute atomic E-state index is 13.8. The fourth-order valence-electron chi connectivity index (χ4n) is 3.88. The maximum atomic E-state index is 13.8. The molecule has 3 aromatic heterocycles. The third kappa shape index (κ3) is 2.95. The van der Waals surface area contributed by atoms with Gasteiger partial charge in [-0.05, 0) is 42.9 Å². The van der Waals surface area contributed by atoms with Crippen molar-refractivity contribution in [1.82, 2.24) is 28.9 Å². The second kappa shape index (κ2) is 6.75. The van der Waals surface area contributed by atoms with Crippen LogP contribution in [0.2, 0.25) is 0 Å². The average Bonchev–Trinajstić information content (AvgIpc) is 3.22. The van der Waals surface area contributed by atoms with Crippen LogP contribution in [0.4, 0.5) is 4.39 Å². The van der Waals surface area contributed by atoms with Gasteiger partial charge in [-0.15, -0.1) is 5.10 Å². The molecule has 0 unspecified atom stereocenters. The molecule has 0 N–H and O–H groups in total. The molecule has 5 rings (SSSR count). The Balaban J connectivity index is 1.34. The summed E-state index contributed by atoms with van der Waals surface area (Å²) in [6.07, 6.45) is 4.24. The molecule has 0 spiro atoms. The third-order valence-corrected chi connectivity index (χ3v) is 5.74. The van der Waals surface area contributed by atoms with Crippen LogP contribution in [-0.2, 0) is 13.6 Å². The molecule has 0 amide bonds. The van der Waals surface area contributed by atoms with Gasteiger partial charge in [0.1, 0.15) is 18.7 Å². The maximum Gasteiger partial charge on any atom is 0.437 e. The molecule has 1 aliphatic rings. The van der Waals surface area contributed by atoms with Crippen LogP contribution in [0.15, 0.2) is 44.9 Å². The second-order valence-electron chi connectivity index (χ2n) is 7.74. The van der Waals surface area contributed by atoms with Crippen molar-refractivity contribution < 1.29 is 8.81 Å². The summed E-state index contributed by atoms with van der Waals surface area (Å²) >= 11 is 0. The van der Waals surface area contributed by atoms with Crippen molar-refractivity contribution in [1.29, 1.82) is 0 Å². The predicted molar refractivity (Wildman–Crippen MR) is 105 cm³/mol. The summed E-state index contributed by atoms with van der Waals surface area (Å²) in [4.78, 5) is 33.1. The van der Waals surface area contributed by atoms with Gasteiger partial charge in [-0.25, -0.2) is 19.2 Å². The van der Waals surface area contributed by atoms with Gasteiger partial charge in [-0.2, -0.15) is 4.68 Å². The van der Waals surface area contributed by atoms with Crippen LogP contribution in [0.1, 0.15) is 41.8 Å². The topological polar surface area (TPSA) is 101 Å². The van der Waals surface area contributed by atoms with Crippen molar-refractivity contribution in [3.05, 3.63) is 74.6 Å². The lowest BCUT2D eigenvalue weighted by molar-refractivity contribution is 0.232. The Hall–Kier alpha value is -3.56. The first kappa shape index (κ1) is 18.5. The number of aromatic nitrogens is 6. The lowest BCUT2D eigenvalue weighted by Crippen LogP contribution is -2.32. The molecule has 30 heavy (non-hydrogen) atoms. The van der Waals surface area contributed by atoms with E-state index in [4.69, 9.17) is 4.42 Å². The van der Waals surface area contributed by atoms with Crippen LogP contribution >= 0.6 is 0 Å². The van der Waals surface area contributed by atoms with Crippen LogP contribution in [0, 0.1) is 12.7 Å². The number of benzene rings is 1. The minimum atomic E-state index is -0.564. The first-order valence-corrected chi connectivity index (χ1v) is 9.61. The molecule has 0 saturated heterocycles. The van der Waals surface area contributed by atoms with Crippen molar-refractivity contribution in [3.8, 4) is 0 Å². The largest absolute Gasteiger partial charge is 0.437 e. The van der Waals surface area contributed by atoms with Crippen LogP contribution in [-0.4, -0.2) is 28.9 Å². The molecule has 154 valence electrons. The lowest BCUT2D eigenvalue weighted by Gasteiger charge is -2.34. The number of imidazole rings is 1. The van der Waals surface area contributed by atoms with Crippen molar-refractivity contribution in [3.63, 3.8) is 0 Å². The van der Waals surface area contributed by atoms with Gasteiger partial charge in [0.05, 0.1) is 12.4 Å². The highest BCUT2D eigenvalue weighted by molar-refractivity contribution is 5.68. The summed E-state index contributed by atoms with van der Waals surface area (Å²) in [5.74, 6) is -0.473. The van der Waals surface area contributed by atoms with Gasteiger partial charge in [0.15, 0.2) is 11.2 Å². The van der Waals surface area contributed by atoms with Crippen molar-refractivity contribution >= 4 is 11.2 Å². The van der Waals surface area contributed by atoms with E-state index < -0.39 is 5.76 Å². The highest BCUT2D eigenvalue weighted by atomic mass is 19.1. The van der Waals surface area contributed by atoms with Crippen LogP contribution in [0.5, 0.6) is 0 Å². The van der Waals surface area contributed by atoms with Crippen LogP contribution < -0.4 is 11.3 Å². The number of halogens is 1. The van der Waals surface area contributed by atoms with Gasteiger partial charge in [0, 0.05) is 7.05 Å². The van der Waals surface area contributed by atoms with Crippen molar-refractivity contribution in [2.75, 3.05) is 0 Å². The van der Waals surface area contributed by atoms with Gasteiger partial charge in [0.2, 0.25) is 5.89 Å². The Morgan fingerprint density at radius 1 is 1.20 bits per heavy atom. The molecule has 1 saturated carbocycles. The molecule has 1 aliphatic carbocycles. The van der Waals surface area contributed by atoms with Gasteiger partial charge < -0.3 is 8.98 Å². The summed E-state index contributed by atoms with van der Waals surface area (Å²) in [7, 11) is 1.71. The SMILES string of the molecule is Cc1ccc(C2CC(n3nc(Cn4cnc5ncn(C)c5c4=O)oc3=O)C2)cc1F. The number of nitrogens with zero attached hydrogens (tertiary/aromatic N) is 6. The highest BCUT2D eigenvalue weighted by Crippen LogP contribution is 2.44. The molecule has 1 aromatic carbocycles. The normalized spacial score (nSPS) is 18.6. The van der Waals surface area contributed by atoms with Crippen LogP contribution in [0.25, 0.3) is 11.2 Å². The van der Waals surface area contributed by atoms with Gasteiger partial charge >= 0.3 is 5.76 Å². The molecule has 1 fully saturated rings. The number of hydrogen-bond acceptors (Lipinski definition) is 6. The Kier molecular flexibility index (Phi) is 4.16. The van der Waals surface area contributed by atoms with E-state index in [1.165, 1.54) is 21.9 Å². The van der Waals surface area contributed by atoms with Crippen LogP contribution in [0.3, 0.4) is 0 Å². The zero-order chi connectivity index (χ0) is 21.0. The molecular weight excluding hydrogens is 391 g/mol. The first-order chi connectivity index (χ1) is 14.4. The van der Waals surface area contributed by atoms with E-state index in [1.807, 2.05) is 6.07 Å². The monoisotopic (exact) mass is 410 g/mol. The standard InChI is InChI=1S/C20H19FN6O3/c1-11-3-4-12(7-15(11)21)13-5-14(6-13)27-20(29)30-16(24-27)8-26-10-23-18-17(19(26)28)25(2)9-22-18/h3-4,7,9-10,13-14H,5-6,8H2,1-2H3. The quantitative estimate of drug-likeness (QED) is 0.509. The molecule has 10 heteroatoms. The third-order valence-electron chi connectivity index (χ3n) is 5.74. The Morgan fingerprint density at radius 3 is 2.73 bits per heavy atom. The molecular formula is C20H19FN6O3. The molecule has 0 radical (unpaired) electrons. The molecule has 0 bridgehead atoms. The Labute approximate surface area is 169 Å².